The van der Waals surface area contributed by atoms with Crippen molar-refractivity contribution in [3.05, 3.63) is 35.9 Å². The number of anilines is 1. The van der Waals surface area contributed by atoms with E-state index in [9.17, 15) is 9.59 Å². The van der Waals surface area contributed by atoms with Crippen LogP contribution in [0.15, 0.2) is 30.6 Å². The molecule has 28 heavy (non-hydrogen) atoms. The molecule has 10 heteroatoms. The molecule has 0 fully saturated rings. The molecule has 0 amide bonds. The van der Waals surface area contributed by atoms with E-state index in [4.69, 9.17) is 21.1 Å². The molecule has 0 unspecified atom stereocenters. The molecular weight excluding hydrogens is 386 g/mol. The molecule has 0 radical (unpaired) electrons. The number of aromatic nitrogens is 4. The van der Waals surface area contributed by atoms with Gasteiger partial charge in [-0.3, -0.25) is 0 Å². The van der Waals surface area contributed by atoms with E-state index in [1.807, 2.05) is 0 Å². The molecule has 0 bridgehead atoms. The van der Waals surface area contributed by atoms with E-state index < -0.39 is 11.9 Å². The van der Waals surface area contributed by atoms with Gasteiger partial charge in [0.05, 0.1) is 19.5 Å². The zero-order valence-electron chi connectivity index (χ0n) is 15.9. The summed E-state index contributed by atoms with van der Waals surface area (Å²) in [6, 6.07) is 0. The molecule has 0 aromatic carbocycles. The van der Waals surface area contributed by atoms with Gasteiger partial charge in [0.25, 0.3) is 0 Å². The Hall–Kier alpha value is -2.94. The molecule has 2 aromatic rings. The Balaban J connectivity index is 2.20. The molecule has 2 rings (SSSR count). The quantitative estimate of drug-likeness (QED) is 0.383. The first-order valence-corrected chi connectivity index (χ1v) is 9.01. The lowest BCUT2D eigenvalue weighted by Gasteiger charge is -2.17. The minimum Gasteiger partial charge on any atom is -0.462 e. The summed E-state index contributed by atoms with van der Waals surface area (Å²) in [7, 11) is 1.71. The van der Waals surface area contributed by atoms with E-state index >= 15 is 0 Å². The number of nitrogens with zero attached hydrogens (tertiary/aromatic N) is 4. The first-order valence-electron chi connectivity index (χ1n) is 8.63. The normalized spacial score (nSPS) is 11.6. The lowest BCUT2D eigenvalue weighted by atomic mass is 10.1. The molecule has 0 spiro atoms. The highest BCUT2D eigenvalue weighted by Crippen LogP contribution is 2.21. The largest absolute Gasteiger partial charge is 0.462 e. The number of ether oxygens (including phenoxy) is 2. The Labute approximate surface area is 167 Å². The molecule has 0 aliphatic heterocycles. The molecule has 1 N–H and O–H groups in total. The summed E-state index contributed by atoms with van der Waals surface area (Å²) >= 11 is 5.99. The standard InChI is InChI=1S/C18H22ClN5O4/c1-4-6-13(25)27-9-12(10-28-14(26)7-5-2)8-24-11-21-15-16(20-3)22-18(19)23-17(15)24/h4-7,11-12H,8-10H2,1-3H3,(H,20,22,23)/b6-4+,7-5+. The number of carbonyl (C=O) groups excluding carboxylic acids is 2. The Morgan fingerprint density at radius 2 is 1.79 bits per heavy atom. The van der Waals surface area contributed by atoms with Gasteiger partial charge in [-0.1, -0.05) is 12.2 Å². The Bertz CT molecular complexity index is 865. The van der Waals surface area contributed by atoms with Crippen LogP contribution in [-0.2, 0) is 25.6 Å². The maximum absolute atomic E-state index is 11.6. The fourth-order valence-corrected chi connectivity index (χ4v) is 2.59. The van der Waals surface area contributed by atoms with E-state index in [1.54, 1.807) is 43.9 Å². The molecule has 0 saturated carbocycles. The third-order valence-corrected chi connectivity index (χ3v) is 3.83. The number of carbonyl (C=O) groups is 2. The number of nitrogens with one attached hydrogen (secondary N) is 1. The zero-order chi connectivity index (χ0) is 20.5. The van der Waals surface area contributed by atoms with Crippen molar-refractivity contribution in [1.29, 1.82) is 0 Å². The first kappa shape index (κ1) is 21.4. The lowest BCUT2D eigenvalue weighted by molar-refractivity contribution is -0.143. The lowest BCUT2D eigenvalue weighted by Crippen LogP contribution is -2.24. The van der Waals surface area contributed by atoms with Gasteiger partial charge in [0.1, 0.15) is 0 Å². The van der Waals surface area contributed by atoms with Gasteiger partial charge in [0, 0.05) is 31.7 Å². The van der Waals surface area contributed by atoms with Crippen LogP contribution in [0.2, 0.25) is 5.28 Å². The summed E-state index contributed by atoms with van der Waals surface area (Å²) in [5.74, 6) is -0.742. The smallest absolute Gasteiger partial charge is 0.330 e. The van der Waals surface area contributed by atoms with E-state index in [2.05, 4.69) is 20.3 Å². The summed E-state index contributed by atoms with van der Waals surface area (Å²) < 4.78 is 12.2. The number of esters is 2. The van der Waals surface area contributed by atoms with Gasteiger partial charge in [-0.2, -0.15) is 9.97 Å². The minimum absolute atomic E-state index is 0.0592. The third-order valence-electron chi connectivity index (χ3n) is 3.66. The topological polar surface area (TPSA) is 108 Å². The van der Waals surface area contributed by atoms with Gasteiger partial charge in [-0.05, 0) is 25.4 Å². The second-order valence-corrected chi connectivity index (χ2v) is 6.12. The van der Waals surface area contributed by atoms with Gasteiger partial charge < -0.3 is 19.4 Å². The van der Waals surface area contributed by atoms with Crippen molar-refractivity contribution in [3.63, 3.8) is 0 Å². The van der Waals surface area contributed by atoms with E-state index in [0.717, 1.165) is 0 Å². The van der Waals surface area contributed by atoms with Crippen LogP contribution >= 0.6 is 11.6 Å². The molecule has 9 nitrogen and oxygen atoms in total. The fraction of sp³-hybridized carbons (Fsp3) is 0.389. The predicted octanol–water partition coefficient (Wildman–Crippen LogP) is 2.38. The van der Waals surface area contributed by atoms with Crippen LogP contribution in [-0.4, -0.2) is 51.7 Å². The highest BCUT2D eigenvalue weighted by molar-refractivity contribution is 6.28. The van der Waals surface area contributed by atoms with Crippen molar-refractivity contribution in [3.8, 4) is 0 Å². The Morgan fingerprint density at radius 1 is 1.18 bits per heavy atom. The van der Waals surface area contributed by atoms with Crippen LogP contribution < -0.4 is 5.32 Å². The van der Waals surface area contributed by atoms with Crippen LogP contribution in [0.5, 0.6) is 0 Å². The van der Waals surface area contributed by atoms with Crippen LogP contribution in [0.1, 0.15) is 13.8 Å². The van der Waals surface area contributed by atoms with Crippen LogP contribution in [0.4, 0.5) is 5.82 Å². The molecule has 2 heterocycles. The Kier molecular flexibility index (Phi) is 7.94. The van der Waals surface area contributed by atoms with E-state index in [1.165, 1.54) is 12.2 Å². The summed E-state index contributed by atoms with van der Waals surface area (Å²) in [6.07, 6.45) is 7.41. The summed E-state index contributed by atoms with van der Waals surface area (Å²) in [5.41, 5.74) is 1.08. The average Bonchev–Trinajstić information content (AvgIpc) is 3.06. The molecule has 2 aromatic heterocycles. The number of halogens is 1. The minimum atomic E-state index is -0.467. The van der Waals surface area contributed by atoms with E-state index in [0.29, 0.717) is 23.5 Å². The van der Waals surface area contributed by atoms with Crippen LogP contribution in [0.3, 0.4) is 0 Å². The van der Waals surface area contributed by atoms with Gasteiger partial charge in [0.15, 0.2) is 17.0 Å². The number of hydrogen-bond acceptors (Lipinski definition) is 8. The number of hydrogen-bond donors (Lipinski definition) is 1. The second kappa shape index (κ2) is 10.4. The number of imidazole rings is 1. The van der Waals surface area contributed by atoms with Gasteiger partial charge >= 0.3 is 11.9 Å². The van der Waals surface area contributed by atoms with Crippen LogP contribution in [0.25, 0.3) is 11.2 Å². The second-order valence-electron chi connectivity index (χ2n) is 5.79. The molecule has 0 atom stereocenters. The molecule has 0 saturated heterocycles. The van der Waals surface area contributed by atoms with Crippen LogP contribution in [0, 0.1) is 5.92 Å². The fourth-order valence-electron chi connectivity index (χ4n) is 2.43. The summed E-state index contributed by atoms with van der Waals surface area (Å²) in [6.45, 7) is 3.91. The van der Waals surface area contributed by atoms with Gasteiger partial charge in [-0.25, -0.2) is 14.6 Å². The number of fused-ring (bicyclic) bond motifs is 1. The molecule has 150 valence electrons. The first-order chi connectivity index (χ1) is 13.5. The number of allylic oxidation sites excluding steroid dienone is 2. The third kappa shape index (κ3) is 5.78. The monoisotopic (exact) mass is 407 g/mol. The van der Waals surface area contributed by atoms with Crippen molar-refractivity contribution in [2.45, 2.75) is 20.4 Å². The maximum Gasteiger partial charge on any atom is 0.330 e. The summed E-state index contributed by atoms with van der Waals surface area (Å²) in [5, 5.41) is 3.00. The Morgan fingerprint density at radius 3 is 2.32 bits per heavy atom. The zero-order valence-corrected chi connectivity index (χ0v) is 16.6. The van der Waals surface area contributed by atoms with Crippen molar-refractivity contribution >= 4 is 40.5 Å². The van der Waals surface area contributed by atoms with Crippen molar-refractivity contribution in [2.75, 3.05) is 25.6 Å². The predicted molar refractivity (Wildman–Crippen MR) is 105 cm³/mol. The number of rotatable bonds is 9. The highest BCUT2D eigenvalue weighted by atomic mass is 35.5. The van der Waals surface area contributed by atoms with Gasteiger partial charge in [-0.15, -0.1) is 0 Å². The van der Waals surface area contributed by atoms with Crippen molar-refractivity contribution < 1.29 is 19.1 Å². The van der Waals surface area contributed by atoms with Crippen molar-refractivity contribution in [1.82, 2.24) is 19.5 Å². The molecular formula is C18H22ClN5O4. The molecule has 0 aliphatic rings. The average molecular weight is 408 g/mol. The maximum atomic E-state index is 11.6. The SMILES string of the molecule is C/C=C/C(=O)OCC(COC(=O)/C=C/C)Cn1cnc2c(NC)nc(Cl)nc21. The van der Waals surface area contributed by atoms with Gasteiger partial charge in [0.2, 0.25) is 5.28 Å². The highest BCUT2D eigenvalue weighted by Gasteiger charge is 2.18. The molecule has 0 aliphatic carbocycles. The summed E-state index contributed by atoms with van der Waals surface area (Å²) in [4.78, 5) is 35.9. The van der Waals surface area contributed by atoms with E-state index in [-0.39, 0.29) is 24.4 Å². The van der Waals surface area contributed by atoms with Crippen molar-refractivity contribution in [2.24, 2.45) is 5.92 Å².